The van der Waals surface area contributed by atoms with Crippen LogP contribution >= 0.6 is 11.6 Å². The lowest BCUT2D eigenvalue weighted by atomic mass is 9.97. The van der Waals surface area contributed by atoms with Crippen molar-refractivity contribution in [1.29, 1.82) is 0 Å². The maximum Gasteiger partial charge on any atom is 0.224 e. The molecular weight excluding hydrogens is 265 g/mol. The monoisotopic (exact) mass is 277 g/mol. The number of carbonyl (C=O) groups is 1. The number of hydrogen-bond acceptors (Lipinski definition) is 1. The van der Waals surface area contributed by atoms with Gasteiger partial charge < -0.3 is 5.32 Å². The van der Waals surface area contributed by atoms with Crippen molar-refractivity contribution in [3.63, 3.8) is 0 Å². The summed E-state index contributed by atoms with van der Waals surface area (Å²) in [5.74, 6) is -0.502. The Morgan fingerprint density at radius 1 is 1.21 bits per heavy atom. The maximum absolute atomic E-state index is 13.3. The van der Waals surface area contributed by atoms with Gasteiger partial charge in [-0.25, -0.2) is 4.39 Å². The highest BCUT2D eigenvalue weighted by Crippen LogP contribution is 2.26. The zero-order chi connectivity index (χ0) is 13.8. The highest BCUT2D eigenvalue weighted by Gasteiger charge is 2.10. The molecule has 2 aromatic carbocycles. The van der Waals surface area contributed by atoms with Crippen LogP contribution in [0.5, 0.6) is 0 Å². The fourth-order valence-electron chi connectivity index (χ4n) is 1.88. The Labute approximate surface area is 116 Å². The topological polar surface area (TPSA) is 29.1 Å². The minimum atomic E-state index is -0.350. The smallest absolute Gasteiger partial charge is 0.224 e. The summed E-state index contributed by atoms with van der Waals surface area (Å²) in [6.07, 6.45) is 0.145. The van der Waals surface area contributed by atoms with Gasteiger partial charge >= 0.3 is 0 Å². The van der Waals surface area contributed by atoms with E-state index in [-0.39, 0.29) is 18.1 Å². The second kappa shape index (κ2) is 5.85. The summed E-state index contributed by atoms with van der Waals surface area (Å²) in [5.41, 5.74) is 2.40. The van der Waals surface area contributed by atoms with Crippen LogP contribution in [0.3, 0.4) is 0 Å². The molecule has 0 aliphatic carbocycles. The Morgan fingerprint density at radius 2 is 1.89 bits per heavy atom. The van der Waals surface area contributed by atoms with Crippen molar-refractivity contribution in [3.05, 3.63) is 58.9 Å². The van der Waals surface area contributed by atoms with Crippen LogP contribution in [-0.2, 0) is 11.2 Å². The fourth-order valence-corrected chi connectivity index (χ4v) is 2.01. The summed E-state index contributed by atoms with van der Waals surface area (Å²) >= 11 is 5.85. The third kappa shape index (κ3) is 3.32. The average molecular weight is 278 g/mol. The highest BCUT2D eigenvalue weighted by atomic mass is 35.5. The lowest BCUT2D eigenvalue weighted by Crippen LogP contribution is -2.20. The van der Waals surface area contributed by atoms with E-state index in [1.54, 1.807) is 25.2 Å². The molecule has 0 saturated heterocycles. The van der Waals surface area contributed by atoms with Gasteiger partial charge in [0.25, 0.3) is 0 Å². The predicted octanol–water partition coefficient (Wildman–Crippen LogP) is 3.43. The first-order valence-electron chi connectivity index (χ1n) is 5.85. The van der Waals surface area contributed by atoms with Crippen molar-refractivity contribution >= 4 is 17.5 Å². The Kier molecular flexibility index (Phi) is 4.17. The van der Waals surface area contributed by atoms with Crippen LogP contribution in [0.4, 0.5) is 4.39 Å². The van der Waals surface area contributed by atoms with E-state index in [4.69, 9.17) is 11.6 Å². The third-order valence-corrected chi connectivity index (χ3v) is 3.10. The third-order valence-electron chi connectivity index (χ3n) is 2.85. The van der Waals surface area contributed by atoms with E-state index < -0.39 is 0 Å². The molecule has 0 aromatic heterocycles. The van der Waals surface area contributed by atoms with E-state index in [2.05, 4.69) is 5.32 Å². The van der Waals surface area contributed by atoms with E-state index in [0.29, 0.717) is 10.6 Å². The second-order valence-electron chi connectivity index (χ2n) is 4.16. The number of carbonyl (C=O) groups excluding carboxylic acids is 1. The zero-order valence-electron chi connectivity index (χ0n) is 10.4. The summed E-state index contributed by atoms with van der Waals surface area (Å²) in [6.45, 7) is 0. The van der Waals surface area contributed by atoms with Gasteiger partial charge in [0.2, 0.25) is 5.91 Å². The van der Waals surface area contributed by atoms with Gasteiger partial charge in [-0.3, -0.25) is 4.79 Å². The van der Waals surface area contributed by atoms with Crippen LogP contribution in [0.1, 0.15) is 5.56 Å². The van der Waals surface area contributed by atoms with Crippen molar-refractivity contribution in [2.24, 2.45) is 0 Å². The summed E-state index contributed by atoms with van der Waals surface area (Å²) in [6, 6.07) is 11.7. The quantitative estimate of drug-likeness (QED) is 0.915. The van der Waals surface area contributed by atoms with E-state index >= 15 is 0 Å². The van der Waals surface area contributed by atoms with Gasteiger partial charge in [0.05, 0.1) is 6.42 Å². The second-order valence-corrected chi connectivity index (χ2v) is 4.59. The fraction of sp³-hybridized carbons (Fsp3) is 0.133. The van der Waals surface area contributed by atoms with E-state index in [1.165, 1.54) is 12.1 Å². The van der Waals surface area contributed by atoms with Crippen LogP contribution in [0.25, 0.3) is 11.1 Å². The van der Waals surface area contributed by atoms with Gasteiger partial charge in [-0.2, -0.15) is 0 Å². The van der Waals surface area contributed by atoms with Crippen LogP contribution in [-0.4, -0.2) is 13.0 Å². The first kappa shape index (κ1) is 13.6. The van der Waals surface area contributed by atoms with Gasteiger partial charge in [-0.15, -0.1) is 0 Å². The molecule has 0 spiro atoms. The summed E-state index contributed by atoms with van der Waals surface area (Å²) < 4.78 is 13.3. The number of nitrogens with one attached hydrogen (secondary N) is 1. The summed E-state index contributed by atoms with van der Waals surface area (Å²) in [7, 11) is 1.56. The molecule has 0 aliphatic rings. The van der Waals surface area contributed by atoms with Gasteiger partial charge in [0, 0.05) is 12.1 Å². The maximum atomic E-state index is 13.3. The number of amides is 1. The number of rotatable bonds is 3. The van der Waals surface area contributed by atoms with E-state index in [0.717, 1.165) is 11.1 Å². The average Bonchev–Trinajstić information content (AvgIpc) is 2.40. The van der Waals surface area contributed by atoms with Crippen molar-refractivity contribution < 1.29 is 9.18 Å². The first-order valence-corrected chi connectivity index (χ1v) is 6.23. The largest absolute Gasteiger partial charge is 0.359 e. The van der Waals surface area contributed by atoms with E-state index in [1.807, 2.05) is 12.1 Å². The Hall–Kier alpha value is -1.87. The van der Waals surface area contributed by atoms with Crippen molar-refractivity contribution in [2.45, 2.75) is 6.42 Å². The molecule has 1 amide bonds. The molecule has 19 heavy (non-hydrogen) atoms. The number of likely N-dealkylation sites (N-methyl/N-ethyl adjacent to an activating group) is 1. The van der Waals surface area contributed by atoms with Gasteiger partial charge in [0.15, 0.2) is 0 Å². The van der Waals surface area contributed by atoms with Crippen LogP contribution in [0.2, 0.25) is 5.02 Å². The molecule has 0 heterocycles. The molecule has 0 aliphatic heterocycles. The van der Waals surface area contributed by atoms with Gasteiger partial charge in [0.1, 0.15) is 5.82 Å². The lowest BCUT2D eigenvalue weighted by molar-refractivity contribution is -0.119. The van der Waals surface area contributed by atoms with Gasteiger partial charge in [-0.05, 0) is 41.0 Å². The summed E-state index contributed by atoms with van der Waals surface area (Å²) in [4.78, 5) is 11.5. The minimum absolute atomic E-state index is 0.145. The standard InChI is InChI=1S/C15H13ClFNO/c1-18-15(19)9-11-8-13(17)6-7-14(11)10-2-4-12(16)5-3-10/h2-8H,9H2,1H3,(H,18,19). The SMILES string of the molecule is CNC(=O)Cc1cc(F)ccc1-c1ccc(Cl)cc1. The van der Waals surface area contributed by atoms with Crippen LogP contribution in [0, 0.1) is 5.82 Å². The molecule has 0 saturated carbocycles. The van der Waals surface area contributed by atoms with Crippen LogP contribution < -0.4 is 5.32 Å². The highest BCUT2D eigenvalue weighted by molar-refractivity contribution is 6.30. The van der Waals surface area contributed by atoms with Crippen molar-refractivity contribution in [1.82, 2.24) is 5.32 Å². The molecule has 2 aromatic rings. The Balaban J connectivity index is 2.44. The number of hydrogen-bond donors (Lipinski definition) is 1. The number of benzene rings is 2. The van der Waals surface area contributed by atoms with Crippen molar-refractivity contribution in [2.75, 3.05) is 7.05 Å². The number of halogens is 2. The molecule has 0 radical (unpaired) electrons. The molecule has 0 atom stereocenters. The van der Waals surface area contributed by atoms with Gasteiger partial charge in [-0.1, -0.05) is 29.8 Å². The Bertz CT molecular complexity index is 596. The Morgan fingerprint density at radius 3 is 2.53 bits per heavy atom. The van der Waals surface area contributed by atoms with E-state index in [9.17, 15) is 9.18 Å². The molecule has 0 bridgehead atoms. The predicted molar refractivity (Wildman–Crippen MR) is 74.6 cm³/mol. The molecule has 98 valence electrons. The van der Waals surface area contributed by atoms with Crippen LogP contribution in [0.15, 0.2) is 42.5 Å². The molecule has 2 nitrogen and oxygen atoms in total. The molecule has 0 unspecified atom stereocenters. The molecule has 4 heteroatoms. The molecule has 1 N–H and O–H groups in total. The molecule has 0 fully saturated rings. The molecular formula is C15H13ClFNO. The van der Waals surface area contributed by atoms with Crippen molar-refractivity contribution in [3.8, 4) is 11.1 Å². The normalized spacial score (nSPS) is 10.3. The zero-order valence-corrected chi connectivity index (χ0v) is 11.2. The lowest BCUT2D eigenvalue weighted by Gasteiger charge is -2.09. The summed E-state index contributed by atoms with van der Waals surface area (Å²) in [5, 5.41) is 3.18. The molecule has 2 rings (SSSR count). The minimum Gasteiger partial charge on any atom is -0.359 e. The first-order chi connectivity index (χ1) is 9.10.